The van der Waals surface area contributed by atoms with Crippen molar-refractivity contribution in [1.82, 2.24) is 5.32 Å². The van der Waals surface area contributed by atoms with Gasteiger partial charge in [0, 0.05) is 12.1 Å². The third-order valence-corrected chi connectivity index (χ3v) is 2.66. The molecule has 1 aromatic carbocycles. The predicted octanol–water partition coefficient (Wildman–Crippen LogP) is 3.17. The van der Waals surface area contributed by atoms with Crippen molar-refractivity contribution >= 4 is 5.91 Å². The first-order valence-corrected chi connectivity index (χ1v) is 6.15. The van der Waals surface area contributed by atoms with Gasteiger partial charge in [0.15, 0.2) is 0 Å². The van der Waals surface area contributed by atoms with Crippen molar-refractivity contribution in [1.29, 1.82) is 0 Å². The molecule has 2 nitrogen and oxygen atoms in total. The first kappa shape index (κ1) is 12.8. The van der Waals surface area contributed by atoms with Gasteiger partial charge in [0.1, 0.15) is 0 Å². The van der Waals surface area contributed by atoms with Gasteiger partial charge < -0.3 is 5.32 Å². The maximum Gasteiger partial charge on any atom is 0.251 e. The van der Waals surface area contributed by atoms with E-state index in [2.05, 4.69) is 19.2 Å². The number of benzene rings is 1. The number of nitrogens with one attached hydrogen (secondary N) is 1. The second-order valence-corrected chi connectivity index (χ2v) is 4.02. The fraction of sp³-hybridized carbons (Fsp3) is 0.500. The summed E-state index contributed by atoms with van der Waals surface area (Å²) in [6.07, 6.45) is 4.39. The van der Waals surface area contributed by atoms with Crippen molar-refractivity contribution in [3.05, 3.63) is 35.4 Å². The molecule has 0 aliphatic rings. The van der Waals surface area contributed by atoms with Crippen LogP contribution in [0.25, 0.3) is 0 Å². The Morgan fingerprint density at radius 3 is 2.75 bits per heavy atom. The lowest BCUT2D eigenvalue weighted by atomic mass is 10.1. The van der Waals surface area contributed by atoms with Crippen LogP contribution in [0.3, 0.4) is 0 Å². The molecular formula is C14H21NO. The van der Waals surface area contributed by atoms with Crippen LogP contribution in [0.15, 0.2) is 24.3 Å². The van der Waals surface area contributed by atoms with E-state index in [1.165, 1.54) is 18.4 Å². The first-order chi connectivity index (χ1) is 7.77. The second kappa shape index (κ2) is 7.04. The Bertz CT molecular complexity index is 333. The highest BCUT2D eigenvalue weighted by atomic mass is 16.1. The standard InChI is InChI=1S/C14H21NO/c1-3-5-6-10-15-14(16)13-9-7-8-12(4-2)11-13/h7-9,11H,3-6,10H2,1-2H3,(H,15,16). The highest BCUT2D eigenvalue weighted by molar-refractivity contribution is 5.94. The summed E-state index contributed by atoms with van der Waals surface area (Å²) >= 11 is 0. The Hall–Kier alpha value is -1.31. The Morgan fingerprint density at radius 1 is 1.25 bits per heavy atom. The zero-order valence-corrected chi connectivity index (χ0v) is 10.3. The summed E-state index contributed by atoms with van der Waals surface area (Å²) in [5.41, 5.74) is 1.98. The Kier molecular flexibility index (Phi) is 5.62. The van der Waals surface area contributed by atoms with Crippen LogP contribution in [0.5, 0.6) is 0 Å². The molecule has 1 amide bonds. The van der Waals surface area contributed by atoms with Gasteiger partial charge in [-0.25, -0.2) is 0 Å². The van der Waals surface area contributed by atoms with E-state index in [0.29, 0.717) is 0 Å². The fourth-order valence-electron chi connectivity index (χ4n) is 1.61. The molecule has 2 heteroatoms. The van der Waals surface area contributed by atoms with Gasteiger partial charge in [-0.3, -0.25) is 4.79 Å². The number of aryl methyl sites for hydroxylation is 1. The van der Waals surface area contributed by atoms with Gasteiger partial charge in [-0.15, -0.1) is 0 Å². The third-order valence-electron chi connectivity index (χ3n) is 2.66. The van der Waals surface area contributed by atoms with Crippen molar-refractivity contribution < 1.29 is 4.79 Å². The van der Waals surface area contributed by atoms with Gasteiger partial charge in [-0.2, -0.15) is 0 Å². The van der Waals surface area contributed by atoms with Gasteiger partial charge in [0.25, 0.3) is 5.91 Å². The van der Waals surface area contributed by atoms with E-state index in [0.717, 1.165) is 24.9 Å². The lowest BCUT2D eigenvalue weighted by Gasteiger charge is -2.05. The topological polar surface area (TPSA) is 29.1 Å². The van der Waals surface area contributed by atoms with E-state index in [9.17, 15) is 4.79 Å². The smallest absolute Gasteiger partial charge is 0.251 e. The molecule has 0 aliphatic carbocycles. The molecule has 0 saturated carbocycles. The summed E-state index contributed by atoms with van der Waals surface area (Å²) in [6.45, 7) is 5.04. The summed E-state index contributed by atoms with van der Waals surface area (Å²) in [7, 11) is 0. The van der Waals surface area contributed by atoms with Gasteiger partial charge in [0.2, 0.25) is 0 Å². The van der Waals surface area contributed by atoms with E-state index >= 15 is 0 Å². The van der Waals surface area contributed by atoms with E-state index in [4.69, 9.17) is 0 Å². The van der Waals surface area contributed by atoms with Gasteiger partial charge in [0.05, 0.1) is 0 Å². The third kappa shape index (κ3) is 4.05. The van der Waals surface area contributed by atoms with E-state index in [-0.39, 0.29) is 5.91 Å². The fourth-order valence-corrected chi connectivity index (χ4v) is 1.61. The average molecular weight is 219 g/mol. The van der Waals surface area contributed by atoms with Crippen LogP contribution < -0.4 is 5.32 Å². The quantitative estimate of drug-likeness (QED) is 0.731. The summed E-state index contributed by atoms with van der Waals surface area (Å²) in [6, 6.07) is 7.83. The largest absolute Gasteiger partial charge is 0.352 e. The molecular weight excluding hydrogens is 198 g/mol. The van der Waals surface area contributed by atoms with Crippen molar-refractivity contribution in [2.75, 3.05) is 6.54 Å². The number of hydrogen-bond donors (Lipinski definition) is 1. The van der Waals surface area contributed by atoms with E-state index < -0.39 is 0 Å². The van der Waals surface area contributed by atoms with Crippen LogP contribution in [0.2, 0.25) is 0 Å². The molecule has 0 atom stereocenters. The molecule has 0 unspecified atom stereocenters. The Balaban J connectivity index is 2.46. The number of carbonyl (C=O) groups excluding carboxylic acids is 1. The van der Waals surface area contributed by atoms with E-state index in [1.54, 1.807) is 0 Å². The summed E-state index contributed by atoms with van der Waals surface area (Å²) < 4.78 is 0. The van der Waals surface area contributed by atoms with Crippen LogP contribution in [0.4, 0.5) is 0 Å². The van der Waals surface area contributed by atoms with Crippen LogP contribution in [-0.4, -0.2) is 12.5 Å². The van der Waals surface area contributed by atoms with E-state index in [1.807, 2.05) is 24.3 Å². The molecule has 1 N–H and O–H groups in total. The van der Waals surface area contributed by atoms with Crippen LogP contribution in [-0.2, 0) is 6.42 Å². The van der Waals surface area contributed by atoms with Crippen molar-refractivity contribution in [2.24, 2.45) is 0 Å². The highest BCUT2D eigenvalue weighted by Crippen LogP contribution is 2.05. The number of amides is 1. The molecule has 0 aliphatic heterocycles. The maximum atomic E-state index is 11.8. The van der Waals surface area contributed by atoms with Gasteiger partial charge in [-0.1, -0.05) is 38.8 Å². The van der Waals surface area contributed by atoms with Crippen molar-refractivity contribution in [3.8, 4) is 0 Å². The van der Waals surface area contributed by atoms with Crippen molar-refractivity contribution in [2.45, 2.75) is 39.5 Å². The minimum absolute atomic E-state index is 0.0476. The lowest BCUT2D eigenvalue weighted by molar-refractivity contribution is 0.0953. The molecule has 0 aromatic heterocycles. The summed E-state index contributed by atoms with van der Waals surface area (Å²) in [5.74, 6) is 0.0476. The van der Waals surface area contributed by atoms with Crippen LogP contribution in [0.1, 0.15) is 49.0 Å². The zero-order chi connectivity index (χ0) is 11.8. The van der Waals surface area contributed by atoms with Crippen molar-refractivity contribution in [3.63, 3.8) is 0 Å². The molecule has 0 spiro atoms. The molecule has 0 radical (unpaired) electrons. The minimum atomic E-state index is 0.0476. The molecule has 1 aromatic rings. The molecule has 0 heterocycles. The molecule has 88 valence electrons. The van der Waals surface area contributed by atoms with Crippen LogP contribution in [0, 0.1) is 0 Å². The molecule has 1 rings (SSSR count). The Labute approximate surface area is 98.1 Å². The number of rotatable bonds is 6. The van der Waals surface area contributed by atoms with Gasteiger partial charge in [-0.05, 0) is 30.5 Å². The lowest BCUT2D eigenvalue weighted by Crippen LogP contribution is -2.24. The second-order valence-electron chi connectivity index (χ2n) is 4.02. The predicted molar refractivity (Wildman–Crippen MR) is 67.7 cm³/mol. The summed E-state index contributed by atoms with van der Waals surface area (Å²) in [4.78, 5) is 11.8. The normalized spacial score (nSPS) is 10.1. The molecule has 0 bridgehead atoms. The molecule has 0 fully saturated rings. The van der Waals surface area contributed by atoms with Crippen LogP contribution >= 0.6 is 0 Å². The average Bonchev–Trinajstić information content (AvgIpc) is 2.34. The number of carbonyl (C=O) groups is 1. The maximum absolute atomic E-state index is 11.8. The summed E-state index contributed by atoms with van der Waals surface area (Å²) in [5, 5.41) is 2.95. The monoisotopic (exact) mass is 219 g/mol. The highest BCUT2D eigenvalue weighted by Gasteiger charge is 2.04. The molecule has 0 saturated heterocycles. The molecule has 16 heavy (non-hydrogen) atoms. The Morgan fingerprint density at radius 2 is 2.06 bits per heavy atom. The SMILES string of the molecule is CCCCCNC(=O)c1cccc(CC)c1. The zero-order valence-electron chi connectivity index (χ0n) is 10.3. The number of hydrogen-bond acceptors (Lipinski definition) is 1. The first-order valence-electron chi connectivity index (χ1n) is 6.15. The van der Waals surface area contributed by atoms with Gasteiger partial charge >= 0.3 is 0 Å². The number of unbranched alkanes of at least 4 members (excludes halogenated alkanes) is 2. The minimum Gasteiger partial charge on any atom is -0.352 e.